The zero-order valence-electron chi connectivity index (χ0n) is 10.1. The first kappa shape index (κ1) is 13.2. The van der Waals surface area contributed by atoms with Gasteiger partial charge in [-0.2, -0.15) is 0 Å². The van der Waals surface area contributed by atoms with Crippen LogP contribution in [0.4, 0.5) is 0 Å². The van der Waals surface area contributed by atoms with Crippen LogP contribution in [-0.2, 0) is 14.3 Å². The van der Waals surface area contributed by atoms with Crippen LogP contribution < -0.4 is 0 Å². The molecule has 1 atom stereocenters. The highest BCUT2D eigenvalue weighted by atomic mass is 16.5. The normalized spacial score (nSPS) is 18.7. The van der Waals surface area contributed by atoms with Crippen LogP contribution >= 0.6 is 0 Å². The fourth-order valence-electron chi connectivity index (χ4n) is 1.34. The average Bonchev–Trinajstić information content (AvgIpc) is 2.30. The van der Waals surface area contributed by atoms with Crippen LogP contribution in [0.3, 0.4) is 0 Å². The quantitative estimate of drug-likeness (QED) is 0.662. The van der Waals surface area contributed by atoms with Gasteiger partial charge in [0.15, 0.2) is 0 Å². The van der Waals surface area contributed by atoms with Gasteiger partial charge in [0.2, 0.25) is 5.91 Å². The van der Waals surface area contributed by atoms with Gasteiger partial charge in [0.1, 0.15) is 18.5 Å². The summed E-state index contributed by atoms with van der Waals surface area (Å²) in [5.41, 5.74) is 0.165. The lowest BCUT2D eigenvalue weighted by atomic mass is 10.2. The lowest BCUT2D eigenvalue weighted by Gasteiger charge is -2.31. The molecular formula is C11H16N2O4. The van der Waals surface area contributed by atoms with Gasteiger partial charge in [-0.3, -0.25) is 4.79 Å². The van der Waals surface area contributed by atoms with E-state index in [1.54, 1.807) is 20.2 Å². The molecule has 0 spiro atoms. The summed E-state index contributed by atoms with van der Waals surface area (Å²) in [6, 6.07) is 0. The molecule has 6 nitrogen and oxygen atoms in total. The Bertz CT molecular complexity index is 374. The van der Waals surface area contributed by atoms with Crippen molar-refractivity contribution >= 4 is 11.9 Å². The predicted octanol–water partition coefficient (Wildman–Crippen LogP) is -0.678. The number of hydrogen-bond donors (Lipinski definition) is 1. The van der Waals surface area contributed by atoms with Crippen LogP contribution in [0.2, 0.25) is 0 Å². The summed E-state index contributed by atoms with van der Waals surface area (Å²) in [5, 5.41) is 9.73. The van der Waals surface area contributed by atoms with Crippen LogP contribution in [0, 0.1) is 0 Å². The molecule has 0 aromatic rings. The summed E-state index contributed by atoms with van der Waals surface area (Å²) >= 11 is 0. The molecule has 1 aliphatic rings. The van der Waals surface area contributed by atoms with E-state index in [1.807, 2.05) is 0 Å². The number of rotatable bonds is 3. The Morgan fingerprint density at radius 3 is 2.71 bits per heavy atom. The molecule has 1 heterocycles. The topological polar surface area (TPSA) is 70.1 Å². The Morgan fingerprint density at radius 1 is 1.53 bits per heavy atom. The van der Waals surface area contributed by atoms with Crippen molar-refractivity contribution in [3.63, 3.8) is 0 Å². The SMILES string of the molecule is COC(=O)C1=CC=CC(O)N1CC(=O)N(C)C. The van der Waals surface area contributed by atoms with Crippen LogP contribution in [-0.4, -0.2) is 60.8 Å². The minimum Gasteiger partial charge on any atom is -0.464 e. The summed E-state index contributed by atoms with van der Waals surface area (Å²) in [5.74, 6) is -0.797. The van der Waals surface area contributed by atoms with Crippen molar-refractivity contribution in [2.24, 2.45) is 0 Å². The van der Waals surface area contributed by atoms with Gasteiger partial charge in [0, 0.05) is 14.1 Å². The van der Waals surface area contributed by atoms with E-state index in [2.05, 4.69) is 4.74 Å². The Hall–Kier alpha value is -1.82. The molecule has 0 aromatic heterocycles. The number of amides is 1. The molecule has 1 N–H and O–H groups in total. The molecule has 1 unspecified atom stereocenters. The van der Waals surface area contributed by atoms with E-state index in [1.165, 1.54) is 29.1 Å². The highest BCUT2D eigenvalue weighted by Gasteiger charge is 2.27. The third kappa shape index (κ3) is 3.07. The van der Waals surface area contributed by atoms with E-state index in [0.717, 1.165) is 0 Å². The van der Waals surface area contributed by atoms with Gasteiger partial charge in [0.05, 0.1) is 7.11 Å². The monoisotopic (exact) mass is 240 g/mol. The summed E-state index contributed by atoms with van der Waals surface area (Å²) < 4.78 is 4.59. The highest BCUT2D eigenvalue weighted by molar-refractivity contribution is 5.89. The first-order chi connectivity index (χ1) is 7.97. The van der Waals surface area contributed by atoms with Crippen LogP contribution in [0.15, 0.2) is 23.9 Å². The lowest BCUT2D eigenvalue weighted by Crippen LogP contribution is -2.44. The molecule has 0 bridgehead atoms. The van der Waals surface area contributed by atoms with Gasteiger partial charge in [-0.1, -0.05) is 6.08 Å². The maximum Gasteiger partial charge on any atom is 0.354 e. The molecule has 0 saturated carbocycles. The van der Waals surface area contributed by atoms with Gasteiger partial charge >= 0.3 is 5.97 Å². The van der Waals surface area contributed by atoms with E-state index in [0.29, 0.717) is 0 Å². The van der Waals surface area contributed by atoms with E-state index < -0.39 is 12.2 Å². The summed E-state index contributed by atoms with van der Waals surface area (Å²) in [6.07, 6.45) is 3.53. The number of hydrogen-bond acceptors (Lipinski definition) is 5. The first-order valence-corrected chi connectivity index (χ1v) is 5.09. The van der Waals surface area contributed by atoms with Crippen LogP contribution in [0.25, 0.3) is 0 Å². The zero-order chi connectivity index (χ0) is 13.0. The summed E-state index contributed by atoms with van der Waals surface area (Å²) in [6.45, 7) is -0.0839. The van der Waals surface area contributed by atoms with Crippen molar-refractivity contribution in [2.75, 3.05) is 27.7 Å². The minimum atomic E-state index is -1.00. The molecule has 94 valence electrons. The molecule has 0 fully saturated rings. The summed E-state index contributed by atoms with van der Waals surface area (Å²) in [7, 11) is 4.46. The van der Waals surface area contributed by atoms with Crippen molar-refractivity contribution in [1.29, 1.82) is 0 Å². The van der Waals surface area contributed by atoms with Crippen molar-refractivity contribution in [3.05, 3.63) is 23.9 Å². The molecule has 1 rings (SSSR count). The second-order valence-corrected chi connectivity index (χ2v) is 3.76. The number of allylic oxidation sites excluding steroid dienone is 2. The Morgan fingerprint density at radius 2 is 2.18 bits per heavy atom. The largest absolute Gasteiger partial charge is 0.464 e. The number of aliphatic hydroxyl groups is 1. The van der Waals surface area contributed by atoms with Crippen LogP contribution in [0.1, 0.15) is 0 Å². The molecule has 0 saturated heterocycles. The van der Waals surface area contributed by atoms with Gasteiger partial charge < -0.3 is 19.6 Å². The van der Waals surface area contributed by atoms with E-state index in [9.17, 15) is 14.7 Å². The number of methoxy groups -OCH3 is 1. The zero-order valence-corrected chi connectivity index (χ0v) is 10.1. The smallest absolute Gasteiger partial charge is 0.354 e. The molecule has 1 aliphatic heterocycles. The van der Waals surface area contributed by atoms with Crippen molar-refractivity contribution < 1.29 is 19.4 Å². The number of aliphatic hydroxyl groups excluding tert-OH is 1. The minimum absolute atomic E-state index is 0.0839. The number of esters is 1. The Balaban J connectivity index is 2.86. The molecular weight excluding hydrogens is 224 g/mol. The number of carbonyl (C=O) groups is 2. The number of nitrogens with zero attached hydrogens (tertiary/aromatic N) is 2. The molecule has 1 amide bonds. The first-order valence-electron chi connectivity index (χ1n) is 5.09. The molecule has 0 aliphatic carbocycles. The summed E-state index contributed by atoms with van der Waals surface area (Å²) in [4.78, 5) is 25.7. The third-order valence-corrected chi connectivity index (χ3v) is 2.37. The molecule has 0 aromatic carbocycles. The lowest BCUT2D eigenvalue weighted by molar-refractivity contribution is -0.140. The predicted molar refractivity (Wildman–Crippen MR) is 60.6 cm³/mol. The van der Waals surface area contributed by atoms with Gasteiger partial charge in [-0.15, -0.1) is 0 Å². The fraction of sp³-hybridized carbons (Fsp3) is 0.455. The Labute approximate surface area is 99.8 Å². The molecule has 17 heavy (non-hydrogen) atoms. The highest BCUT2D eigenvalue weighted by Crippen LogP contribution is 2.15. The van der Waals surface area contributed by atoms with Crippen molar-refractivity contribution in [2.45, 2.75) is 6.23 Å². The maximum absolute atomic E-state index is 11.6. The number of carbonyl (C=O) groups excluding carboxylic acids is 2. The van der Waals surface area contributed by atoms with E-state index in [-0.39, 0.29) is 18.1 Å². The average molecular weight is 240 g/mol. The van der Waals surface area contributed by atoms with Crippen LogP contribution in [0.5, 0.6) is 0 Å². The number of ether oxygens (including phenoxy) is 1. The van der Waals surface area contributed by atoms with Gasteiger partial charge in [-0.25, -0.2) is 4.79 Å². The number of likely N-dealkylation sites (N-methyl/N-ethyl adjacent to an activating group) is 1. The van der Waals surface area contributed by atoms with Crippen molar-refractivity contribution in [1.82, 2.24) is 9.80 Å². The standard InChI is InChI=1S/C11H16N2O4/c1-12(2)10(15)7-13-8(11(16)17-3)5-4-6-9(13)14/h4-6,9,14H,7H2,1-3H3. The second kappa shape index (κ2) is 5.49. The molecule has 0 radical (unpaired) electrons. The third-order valence-electron chi connectivity index (χ3n) is 2.37. The fourth-order valence-corrected chi connectivity index (χ4v) is 1.34. The molecule has 6 heteroatoms. The van der Waals surface area contributed by atoms with Crippen molar-refractivity contribution in [3.8, 4) is 0 Å². The van der Waals surface area contributed by atoms with Gasteiger partial charge in [0.25, 0.3) is 0 Å². The second-order valence-electron chi connectivity index (χ2n) is 3.76. The van der Waals surface area contributed by atoms with E-state index >= 15 is 0 Å². The van der Waals surface area contributed by atoms with E-state index in [4.69, 9.17) is 0 Å². The maximum atomic E-state index is 11.6. The Kier molecular flexibility index (Phi) is 4.28. The van der Waals surface area contributed by atoms with Gasteiger partial charge in [-0.05, 0) is 12.2 Å².